The maximum atomic E-state index is 13.3. The summed E-state index contributed by atoms with van der Waals surface area (Å²) in [5, 5.41) is 3.07. The van der Waals surface area contributed by atoms with Gasteiger partial charge in [-0.25, -0.2) is 4.99 Å². The Balaban J connectivity index is 1.53. The summed E-state index contributed by atoms with van der Waals surface area (Å²) in [5.74, 6) is 0.475. The Bertz CT molecular complexity index is 1470. The highest BCUT2D eigenvalue weighted by Crippen LogP contribution is 2.21. The molecular formula is C31H30N4O2. The smallest absolute Gasteiger partial charge is 0.256 e. The third-order valence-corrected chi connectivity index (χ3v) is 6.55. The Kier molecular flexibility index (Phi) is 7.36. The van der Waals surface area contributed by atoms with Crippen molar-refractivity contribution in [2.45, 2.75) is 32.6 Å². The molecule has 6 heteroatoms. The number of aromatic nitrogens is 1. The third kappa shape index (κ3) is 6.28. The summed E-state index contributed by atoms with van der Waals surface area (Å²) < 4.78 is 0. The van der Waals surface area contributed by atoms with Crippen molar-refractivity contribution in [2.24, 2.45) is 4.99 Å². The predicted octanol–water partition coefficient (Wildman–Crippen LogP) is 5.20. The lowest BCUT2D eigenvalue weighted by Gasteiger charge is -2.23. The number of nitrogens with one attached hydrogen (secondary N) is 1. The van der Waals surface area contributed by atoms with Gasteiger partial charge in [-0.2, -0.15) is 0 Å². The Morgan fingerprint density at radius 3 is 2.76 bits per heavy atom. The van der Waals surface area contributed by atoms with Crippen molar-refractivity contribution in [3.8, 4) is 0 Å². The van der Waals surface area contributed by atoms with E-state index in [1.807, 2.05) is 49.4 Å². The number of aliphatic imine (C=N–C) groups is 1. The fourth-order valence-electron chi connectivity index (χ4n) is 4.59. The van der Waals surface area contributed by atoms with Gasteiger partial charge in [-0.05, 0) is 61.2 Å². The van der Waals surface area contributed by atoms with Crippen molar-refractivity contribution < 1.29 is 4.79 Å². The lowest BCUT2D eigenvalue weighted by atomic mass is 10.1. The summed E-state index contributed by atoms with van der Waals surface area (Å²) in [6.07, 6.45) is 9.27. The molecule has 3 heterocycles. The third-order valence-electron chi connectivity index (χ3n) is 6.55. The van der Waals surface area contributed by atoms with E-state index in [1.165, 1.54) is 0 Å². The first-order valence-electron chi connectivity index (χ1n) is 12.7. The molecular weight excluding hydrogens is 460 g/mol. The van der Waals surface area contributed by atoms with Crippen molar-refractivity contribution in [2.75, 3.05) is 13.1 Å². The zero-order valence-corrected chi connectivity index (χ0v) is 21.0. The molecule has 3 aromatic rings. The predicted molar refractivity (Wildman–Crippen MR) is 148 cm³/mol. The fraction of sp³-hybridized carbons (Fsp3) is 0.226. The van der Waals surface area contributed by atoms with Crippen molar-refractivity contribution in [1.29, 1.82) is 0 Å². The van der Waals surface area contributed by atoms with Crippen LogP contribution in [0.3, 0.4) is 0 Å². The first-order chi connectivity index (χ1) is 18.0. The Morgan fingerprint density at radius 2 is 1.86 bits per heavy atom. The topological polar surface area (TPSA) is 74.7 Å². The van der Waals surface area contributed by atoms with Crippen molar-refractivity contribution in [3.05, 3.63) is 123 Å². The highest BCUT2D eigenvalue weighted by Gasteiger charge is 2.14. The number of nitrogens with zero attached hydrogens (tertiary/aromatic N) is 3. The van der Waals surface area contributed by atoms with E-state index in [9.17, 15) is 9.59 Å². The zero-order valence-electron chi connectivity index (χ0n) is 21.0. The van der Waals surface area contributed by atoms with Crippen LogP contribution in [0.15, 0.2) is 94.9 Å². The van der Waals surface area contributed by atoms with Gasteiger partial charge in [-0.1, -0.05) is 42.5 Å². The van der Waals surface area contributed by atoms with Crippen molar-refractivity contribution in [3.63, 3.8) is 0 Å². The number of amides is 1. The molecule has 2 aliphatic heterocycles. The number of fused-ring (bicyclic) bond motifs is 6. The summed E-state index contributed by atoms with van der Waals surface area (Å²) in [7, 11) is 0. The highest BCUT2D eigenvalue weighted by molar-refractivity contribution is 6.07. The molecule has 186 valence electrons. The fourth-order valence-corrected chi connectivity index (χ4v) is 4.59. The van der Waals surface area contributed by atoms with E-state index < -0.39 is 0 Å². The summed E-state index contributed by atoms with van der Waals surface area (Å²) in [4.78, 5) is 37.6. The van der Waals surface area contributed by atoms with E-state index in [-0.39, 0.29) is 11.3 Å². The molecule has 2 aromatic carbocycles. The number of carbonyl (C=O) groups is 1. The Morgan fingerprint density at radius 1 is 0.973 bits per heavy atom. The molecule has 6 nitrogen and oxygen atoms in total. The van der Waals surface area contributed by atoms with Gasteiger partial charge in [-0.3, -0.25) is 14.6 Å². The minimum Gasteiger partial charge on any atom is -0.373 e. The second kappa shape index (κ2) is 11.2. The van der Waals surface area contributed by atoms with E-state index in [2.05, 4.69) is 28.6 Å². The first-order valence-corrected chi connectivity index (χ1v) is 12.7. The van der Waals surface area contributed by atoms with E-state index in [1.54, 1.807) is 24.3 Å². The minimum absolute atomic E-state index is 0.0913. The second-order valence-electron chi connectivity index (χ2n) is 9.48. The van der Waals surface area contributed by atoms with Crippen LogP contribution in [0.2, 0.25) is 0 Å². The molecule has 0 radical (unpaired) electrons. The van der Waals surface area contributed by atoms with Crippen LogP contribution in [-0.2, 0) is 6.42 Å². The molecule has 6 bridgehead atoms. The molecule has 1 aromatic heterocycles. The van der Waals surface area contributed by atoms with Gasteiger partial charge in [0, 0.05) is 55.0 Å². The standard InChI is InChI=1S/C31H30N4O2/c1-22-8-2-3-12-28(22)33-30-13-4-5-16-35-17-7-11-25(21-35)29-15-14-27(36)20-26(32-29)19-23-9-6-10-24(18-23)31(37)34-30/h2-3,6-12,14-15,18,20-21H,4-5,13,16-17,19H2,1H3,(H,33,34,37). The maximum absolute atomic E-state index is 13.3. The van der Waals surface area contributed by atoms with Crippen LogP contribution in [0.1, 0.15) is 52.1 Å². The molecule has 37 heavy (non-hydrogen) atoms. The average molecular weight is 491 g/mol. The summed E-state index contributed by atoms with van der Waals surface area (Å²) >= 11 is 0. The lowest BCUT2D eigenvalue weighted by molar-refractivity contribution is 0.0976. The maximum Gasteiger partial charge on any atom is 0.256 e. The van der Waals surface area contributed by atoms with Crippen LogP contribution in [-0.4, -0.2) is 34.7 Å². The molecule has 0 saturated heterocycles. The van der Waals surface area contributed by atoms with Gasteiger partial charge in [0.25, 0.3) is 5.91 Å². The normalized spacial score (nSPS) is 17.1. The van der Waals surface area contributed by atoms with Crippen LogP contribution >= 0.6 is 0 Å². The molecule has 0 fully saturated rings. The van der Waals surface area contributed by atoms with Crippen molar-refractivity contribution >= 4 is 23.0 Å². The molecule has 1 N–H and O–H groups in total. The van der Waals surface area contributed by atoms with E-state index in [0.29, 0.717) is 29.9 Å². The average Bonchev–Trinajstić information content (AvgIpc) is 3.08. The lowest BCUT2D eigenvalue weighted by Crippen LogP contribution is -2.30. The van der Waals surface area contributed by atoms with E-state index in [4.69, 9.17) is 9.98 Å². The highest BCUT2D eigenvalue weighted by atomic mass is 16.1. The molecule has 0 saturated carbocycles. The largest absolute Gasteiger partial charge is 0.373 e. The molecule has 0 spiro atoms. The molecule has 0 aliphatic carbocycles. The Hall–Kier alpha value is -4.32. The van der Waals surface area contributed by atoms with Crippen LogP contribution in [0.25, 0.3) is 5.57 Å². The van der Waals surface area contributed by atoms with Gasteiger partial charge < -0.3 is 10.2 Å². The number of hydrogen-bond acceptors (Lipinski definition) is 5. The first kappa shape index (κ1) is 24.4. The SMILES string of the molecule is Cc1ccccc1/N=C1\CCCCN2C=C(C=CC2)c2ccc(=O)cc(n2)Cc2cccc(c2)C(=O)N1. The van der Waals surface area contributed by atoms with Gasteiger partial charge in [-0.15, -0.1) is 0 Å². The van der Waals surface area contributed by atoms with Crippen LogP contribution in [0.4, 0.5) is 5.69 Å². The van der Waals surface area contributed by atoms with E-state index >= 15 is 0 Å². The van der Waals surface area contributed by atoms with Crippen LogP contribution < -0.4 is 10.7 Å². The number of allylic oxidation sites excluding steroid dienone is 2. The molecule has 0 unspecified atom stereocenters. The quantitative estimate of drug-likeness (QED) is 0.509. The Labute approximate surface area is 217 Å². The zero-order chi connectivity index (χ0) is 25.6. The monoisotopic (exact) mass is 490 g/mol. The van der Waals surface area contributed by atoms with Gasteiger partial charge >= 0.3 is 0 Å². The number of hydrogen-bond donors (Lipinski definition) is 1. The summed E-state index contributed by atoms with van der Waals surface area (Å²) in [5.41, 5.74) is 5.71. The number of para-hydroxylation sites is 1. The molecule has 2 aliphatic rings. The number of rotatable bonds is 1. The summed E-state index contributed by atoms with van der Waals surface area (Å²) in [6.45, 7) is 3.72. The van der Waals surface area contributed by atoms with Crippen molar-refractivity contribution in [1.82, 2.24) is 15.2 Å². The van der Waals surface area contributed by atoms with Gasteiger partial charge in [0.05, 0.1) is 11.4 Å². The number of aryl methyl sites for hydroxylation is 1. The van der Waals surface area contributed by atoms with Gasteiger partial charge in [0.15, 0.2) is 5.43 Å². The van der Waals surface area contributed by atoms with Crippen LogP contribution in [0.5, 0.6) is 0 Å². The number of benzene rings is 2. The molecule has 1 amide bonds. The van der Waals surface area contributed by atoms with Crippen LogP contribution in [0, 0.1) is 6.92 Å². The second-order valence-corrected chi connectivity index (χ2v) is 9.48. The molecule has 5 rings (SSSR count). The molecule has 0 atom stereocenters. The van der Waals surface area contributed by atoms with Gasteiger partial charge in [0.2, 0.25) is 0 Å². The number of amidine groups is 1. The van der Waals surface area contributed by atoms with Gasteiger partial charge in [0.1, 0.15) is 5.84 Å². The summed E-state index contributed by atoms with van der Waals surface area (Å²) in [6, 6.07) is 20.3. The minimum atomic E-state index is -0.192. The van der Waals surface area contributed by atoms with E-state index in [0.717, 1.165) is 54.0 Å². The number of carbonyl (C=O) groups excluding carboxylic acids is 1.